The first-order chi connectivity index (χ1) is 6.04. The summed E-state index contributed by atoms with van der Waals surface area (Å²) in [5, 5.41) is 9.14. The smallest absolute Gasteiger partial charge is 0.377 e. The van der Waals surface area contributed by atoms with Crippen LogP contribution in [0.3, 0.4) is 0 Å². The van der Waals surface area contributed by atoms with Gasteiger partial charge in [-0.05, 0) is 6.92 Å². The Balaban J connectivity index is 4.74. The Morgan fingerprint density at radius 2 is 1.92 bits per heavy atom. The maximum absolute atomic E-state index is 10.9. The summed E-state index contributed by atoms with van der Waals surface area (Å²) in [4.78, 5) is 21.7. The zero-order chi connectivity index (χ0) is 10.4. The first-order valence-corrected chi connectivity index (χ1v) is 3.69. The van der Waals surface area contributed by atoms with E-state index in [0.717, 1.165) is 0 Å². The summed E-state index contributed by atoms with van der Waals surface area (Å²) < 4.78 is 8.98. The van der Waals surface area contributed by atoms with Crippen LogP contribution in [0.25, 0.3) is 0 Å². The van der Waals surface area contributed by atoms with Crippen LogP contribution in [0.2, 0.25) is 0 Å². The molecule has 0 amide bonds. The number of carbonyl (C=O) groups excluding carboxylic acids is 2. The summed E-state index contributed by atoms with van der Waals surface area (Å²) in [5.41, 5.74) is 0. The zero-order valence-electron chi connectivity index (χ0n) is 7.79. The summed E-state index contributed by atoms with van der Waals surface area (Å²) in [6.45, 7) is 2.89. The van der Waals surface area contributed by atoms with Gasteiger partial charge < -0.3 is 14.6 Å². The van der Waals surface area contributed by atoms with Gasteiger partial charge in [0.2, 0.25) is 11.5 Å². The summed E-state index contributed by atoms with van der Waals surface area (Å²) in [6.07, 6.45) is 0. The quantitative estimate of drug-likeness (QED) is 0.396. The molecule has 0 spiro atoms. The Labute approximate surface area is 75.9 Å². The van der Waals surface area contributed by atoms with Crippen molar-refractivity contribution in [1.82, 2.24) is 0 Å². The average molecular weight is 188 g/mol. The van der Waals surface area contributed by atoms with Crippen LogP contribution in [-0.2, 0) is 19.1 Å². The van der Waals surface area contributed by atoms with Crippen molar-refractivity contribution in [2.45, 2.75) is 13.8 Å². The molecule has 0 aromatic heterocycles. The van der Waals surface area contributed by atoms with Crippen LogP contribution in [0, 0.1) is 0 Å². The number of hydrogen-bond donors (Lipinski definition) is 1. The Morgan fingerprint density at radius 3 is 2.23 bits per heavy atom. The highest BCUT2D eigenvalue weighted by atomic mass is 16.5. The number of esters is 1. The highest BCUT2D eigenvalue weighted by Gasteiger charge is 2.19. The van der Waals surface area contributed by atoms with Gasteiger partial charge in [0.25, 0.3) is 0 Å². The van der Waals surface area contributed by atoms with Gasteiger partial charge in [-0.2, -0.15) is 0 Å². The molecule has 1 N–H and O–H groups in total. The van der Waals surface area contributed by atoms with Crippen LogP contribution < -0.4 is 0 Å². The summed E-state index contributed by atoms with van der Waals surface area (Å²) in [7, 11) is 1.19. The summed E-state index contributed by atoms with van der Waals surface area (Å²) in [5.74, 6) is -2.68. The topological polar surface area (TPSA) is 72.8 Å². The van der Waals surface area contributed by atoms with Gasteiger partial charge in [0.1, 0.15) is 0 Å². The second-order valence-corrected chi connectivity index (χ2v) is 2.16. The normalized spacial score (nSPS) is 11.6. The van der Waals surface area contributed by atoms with E-state index < -0.39 is 23.3 Å². The van der Waals surface area contributed by atoms with Crippen molar-refractivity contribution >= 4 is 11.8 Å². The van der Waals surface area contributed by atoms with Crippen molar-refractivity contribution in [2.75, 3.05) is 13.7 Å². The number of ether oxygens (including phenoxy) is 2. The van der Waals surface area contributed by atoms with Gasteiger partial charge in [-0.25, -0.2) is 4.79 Å². The van der Waals surface area contributed by atoms with E-state index in [9.17, 15) is 9.59 Å². The van der Waals surface area contributed by atoms with Gasteiger partial charge >= 0.3 is 5.97 Å². The molecule has 0 aromatic carbocycles. The van der Waals surface area contributed by atoms with Gasteiger partial charge in [0.05, 0.1) is 13.7 Å². The molecule has 0 aromatic rings. The minimum absolute atomic E-state index is 0.123. The Morgan fingerprint density at radius 1 is 1.38 bits per heavy atom. The van der Waals surface area contributed by atoms with E-state index in [1.165, 1.54) is 14.0 Å². The summed E-state index contributed by atoms with van der Waals surface area (Å²) in [6, 6.07) is 0. The maximum Gasteiger partial charge on any atom is 0.377 e. The molecule has 0 atom stereocenters. The van der Waals surface area contributed by atoms with Gasteiger partial charge in [0.15, 0.2) is 5.78 Å². The molecule has 0 saturated heterocycles. The lowest BCUT2D eigenvalue weighted by molar-refractivity contribution is -0.142. The van der Waals surface area contributed by atoms with Crippen LogP contribution in [-0.4, -0.2) is 30.6 Å². The molecular weight excluding hydrogens is 176 g/mol. The molecular formula is C8H12O5. The largest absolute Gasteiger partial charge is 0.499 e. The lowest BCUT2D eigenvalue weighted by atomic mass is 10.3. The van der Waals surface area contributed by atoms with Crippen LogP contribution in [0.1, 0.15) is 13.8 Å². The number of Topliss-reactive ketones (excluding diaryl/α,β-unsaturated/α-hetero) is 1. The number of allylic oxidation sites excluding steroid dienone is 1. The standard InChI is InChI=1S/C8H12O5/c1-4-13-8(11)6(10)7(12-3)5(2)9/h10H,4H2,1-3H3/b7-6-. The molecule has 0 aliphatic heterocycles. The molecule has 0 aliphatic rings. The minimum Gasteiger partial charge on any atom is -0.499 e. The van der Waals surface area contributed by atoms with E-state index in [1.54, 1.807) is 6.92 Å². The van der Waals surface area contributed by atoms with Gasteiger partial charge in [-0.1, -0.05) is 0 Å². The molecule has 74 valence electrons. The predicted molar refractivity (Wildman–Crippen MR) is 44.0 cm³/mol. The fourth-order valence-electron chi connectivity index (χ4n) is 0.699. The van der Waals surface area contributed by atoms with Crippen LogP contribution in [0.4, 0.5) is 0 Å². The third-order valence-electron chi connectivity index (χ3n) is 1.21. The molecule has 5 nitrogen and oxygen atoms in total. The fraction of sp³-hybridized carbons (Fsp3) is 0.500. The maximum atomic E-state index is 10.9. The van der Waals surface area contributed by atoms with Crippen LogP contribution in [0.5, 0.6) is 0 Å². The lowest BCUT2D eigenvalue weighted by Gasteiger charge is -2.05. The number of rotatable bonds is 4. The highest BCUT2D eigenvalue weighted by Crippen LogP contribution is 2.05. The Kier molecular flexibility index (Phi) is 4.58. The molecule has 0 aliphatic carbocycles. The number of carbonyl (C=O) groups is 2. The first-order valence-electron chi connectivity index (χ1n) is 3.69. The molecule has 0 heterocycles. The molecule has 0 fully saturated rings. The number of hydrogen-bond acceptors (Lipinski definition) is 5. The van der Waals surface area contributed by atoms with Crippen molar-refractivity contribution in [3.63, 3.8) is 0 Å². The molecule has 13 heavy (non-hydrogen) atoms. The van der Waals surface area contributed by atoms with Gasteiger partial charge in [-0.15, -0.1) is 0 Å². The van der Waals surface area contributed by atoms with Crippen molar-refractivity contribution in [2.24, 2.45) is 0 Å². The zero-order valence-corrected chi connectivity index (χ0v) is 7.79. The van der Waals surface area contributed by atoms with E-state index in [4.69, 9.17) is 5.11 Å². The van der Waals surface area contributed by atoms with Crippen molar-refractivity contribution < 1.29 is 24.2 Å². The fourth-order valence-corrected chi connectivity index (χ4v) is 0.699. The van der Waals surface area contributed by atoms with E-state index in [1.807, 2.05) is 0 Å². The van der Waals surface area contributed by atoms with Gasteiger partial charge in [-0.3, -0.25) is 4.79 Å². The van der Waals surface area contributed by atoms with E-state index in [-0.39, 0.29) is 6.61 Å². The first kappa shape index (κ1) is 11.5. The minimum atomic E-state index is -0.963. The second kappa shape index (κ2) is 5.18. The molecule has 5 heteroatoms. The van der Waals surface area contributed by atoms with Crippen molar-refractivity contribution in [3.05, 3.63) is 11.5 Å². The van der Waals surface area contributed by atoms with Crippen molar-refractivity contribution in [1.29, 1.82) is 0 Å². The predicted octanol–water partition coefficient (Wildman–Crippen LogP) is 0.554. The van der Waals surface area contributed by atoms with E-state index in [2.05, 4.69) is 9.47 Å². The third-order valence-corrected chi connectivity index (χ3v) is 1.21. The molecule has 0 rings (SSSR count). The highest BCUT2D eigenvalue weighted by molar-refractivity contribution is 5.99. The number of ketones is 1. The molecule has 0 bridgehead atoms. The lowest BCUT2D eigenvalue weighted by Crippen LogP contribution is -2.14. The second-order valence-electron chi connectivity index (χ2n) is 2.16. The Hall–Kier alpha value is -1.52. The van der Waals surface area contributed by atoms with Gasteiger partial charge in [0, 0.05) is 6.92 Å². The molecule has 0 saturated carbocycles. The third kappa shape index (κ3) is 3.14. The number of methoxy groups -OCH3 is 1. The monoisotopic (exact) mass is 188 g/mol. The number of aliphatic hydroxyl groups is 1. The van der Waals surface area contributed by atoms with Crippen molar-refractivity contribution in [3.8, 4) is 0 Å². The Bertz CT molecular complexity index is 241. The van der Waals surface area contributed by atoms with E-state index in [0.29, 0.717) is 0 Å². The average Bonchev–Trinajstić information content (AvgIpc) is 2.05. The SMILES string of the molecule is CCOC(=O)/C(O)=C(/OC)C(C)=O. The van der Waals surface area contributed by atoms with Crippen LogP contribution >= 0.6 is 0 Å². The summed E-state index contributed by atoms with van der Waals surface area (Å²) >= 11 is 0. The number of aliphatic hydroxyl groups excluding tert-OH is 1. The van der Waals surface area contributed by atoms with E-state index >= 15 is 0 Å². The molecule has 0 radical (unpaired) electrons. The molecule has 0 unspecified atom stereocenters. The van der Waals surface area contributed by atoms with Crippen LogP contribution in [0.15, 0.2) is 11.5 Å².